The van der Waals surface area contributed by atoms with Gasteiger partial charge in [-0.1, -0.05) is 30.3 Å². The number of nitrogens with zero attached hydrogens (tertiary/aromatic N) is 1. The second-order valence-corrected chi connectivity index (χ2v) is 6.50. The normalized spacial score (nSPS) is 29.3. The number of alkyl halides is 2. The van der Waals surface area contributed by atoms with Crippen LogP contribution in [0.5, 0.6) is 0 Å². The first-order valence-electron chi connectivity index (χ1n) is 7.92. The predicted molar refractivity (Wildman–Crippen MR) is 88.0 cm³/mol. The van der Waals surface area contributed by atoms with Gasteiger partial charge in [0, 0.05) is 19.0 Å². The number of amides is 1. The molecule has 1 aromatic rings. The van der Waals surface area contributed by atoms with E-state index < -0.39 is 12.0 Å². The molecule has 2 aliphatic rings. The molecule has 3 atom stereocenters. The van der Waals surface area contributed by atoms with Crippen molar-refractivity contribution in [2.45, 2.75) is 44.2 Å². The Kier molecular flexibility index (Phi) is 5.63. The Bertz CT molecular complexity index is 541. The van der Waals surface area contributed by atoms with Gasteiger partial charge in [0.15, 0.2) is 0 Å². The first-order chi connectivity index (χ1) is 10.5. The van der Waals surface area contributed by atoms with Crippen molar-refractivity contribution in [1.29, 1.82) is 0 Å². The monoisotopic (exact) mass is 344 g/mol. The molecule has 2 heterocycles. The van der Waals surface area contributed by atoms with Crippen molar-refractivity contribution in [3.8, 4) is 0 Å². The fourth-order valence-corrected chi connectivity index (χ4v) is 3.59. The minimum absolute atomic E-state index is 0. The van der Waals surface area contributed by atoms with Gasteiger partial charge in [0.05, 0.1) is 12.6 Å². The van der Waals surface area contributed by atoms with Crippen LogP contribution < -0.4 is 5.32 Å². The first-order valence-corrected chi connectivity index (χ1v) is 7.92. The molecule has 3 rings (SSSR count). The Hall–Kier alpha value is -1.20. The van der Waals surface area contributed by atoms with Crippen molar-refractivity contribution in [1.82, 2.24) is 10.2 Å². The second-order valence-electron chi connectivity index (χ2n) is 6.50. The van der Waals surface area contributed by atoms with E-state index in [4.69, 9.17) is 0 Å². The summed E-state index contributed by atoms with van der Waals surface area (Å²) in [5.74, 6) is -2.53. The number of hydrogen-bond donors (Lipinski definition) is 1. The molecule has 0 spiro atoms. The van der Waals surface area contributed by atoms with E-state index in [0.29, 0.717) is 12.5 Å². The molecular formula is C17H23ClF2N2O. The van der Waals surface area contributed by atoms with Gasteiger partial charge in [-0.3, -0.25) is 10.1 Å². The Labute approximate surface area is 141 Å². The van der Waals surface area contributed by atoms with Crippen LogP contribution >= 0.6 is 12.4 Å². The van der Waals surface area contributed by atoms with Crippen molar-refractivity contribution >= 4 is 18.3 Å². The van der Waals surface area contributed by atoms with E-state index in [2.05, 4.69) is 17.4 Å². The summed E-state index contributed by atoms with van der Waals surface area (Å²) in [4.78, 5) is 14.3. The van der Waals surface area contributed by atoms with Crippen LogP contribution in [0.2, 0.25) is 0 Å². The van der Waals surface area contributed by atoms with Crippen LogP contribution in [0.25, 0.3) is 0 Å². The standard InChI is InChI=1S/C17H22F2N2O.ClH/c1-12-14(9-13-5-3-2-4-6-13)7-8-21(12)16(22)15-10-17(18,19)11-20-15;/h2-6,12,14-15,20H,7-11H2,1H3;1H. The number of likely N-dealkylation sites (tertiary alicyclic amines) is 1. The quantitative estimate of drug-likeness (QED) is 0.914. The molecule has 2 fully saturated rings. The second kappa shape index (κ2) is 7.14. The lowest BCUT2D eigenvalue weighted by Gasteiger charge is -2.27. The summed E-state index contributed by atoms with van der Waals surface area (Å²) in [6.07, 6.45) is 1.49. The molecule has 2 aliphatic heterocycles. The molecule has 3 nitrogen and oxygen atoms in total. The van der Waals surface area contributed by atoms with Gasteiger partial charge in [0.25, 0.3) is 5.92 Å². The highest BCUT2D eigenvalue weighted by Gasteiger charge is 2.45. The largest absolute Gasteiger partial charge is 0.338 e. The number of nitrogens with one attached hydrogen (secondary N) is 1. The first kappa shape index (κ1) is 18.1. The van der Waals surface area contributed by atoms with Crippen LogP contribution in [0.1, 0.15) is 25.3 Å². The minimum atomic E-state index is -2.76. The Morgan fingerprint density at radius 1 is 1.35 bits per heavy atom. The maximum atomic E-state index is 13.3. The van der Waals surface area contributed by atoms with Gasteiger partial charge in [0.2, 0.25) is 5.91 Å². The molecule has 23 heavy (non-hydrogen) atoms. The average Bonchev–Trinajstić information content (AvgIpc) is 3.03. The van der Waals surface area contributed by atoms with Crippen LogP contribution in [0.4, 0.5) is 8.78 Å². The van der Waals surface area contributed by atoms with E-state index in [1.165, 1.54) is 5.56 Å². The minimum Gasteiger partial charge on any atom is -0.338 e. The Morgan fingerprint density at radius 3 is 2.65 bits per heavy atom. The van der Waals surface area contributed by atoms with E-state index >= 15 is 0 Å². The predicted octanol–water partition coefficient (Wildman–Crippen LogP) is 2.89. The topological polar surface area (TPSA) is 32.3 Å². The van der Waals surface area contributed by atoms with Gasteiger partial charge >= 0.3 is 0 Å². The molecule has 1 amide bonds. The molecule has 1 N–H and O–H groups in total. The summed E-state index contributed by atoms with van der Waals surface area (Å²) in [5.41, 5.74) is 1.26. The molecule has 2 saturated heterocycles. The number of carbonyl (C=O) groups is 1. The maximum absolute atomic E-state index is 13.3. The highest BCUT2D eigenvalue weighted by atomic mass is 35.5. The van der Waals surface area contributed by atoms with Gasteiger partial charge in [-0.2, -0.15) is 0 Å². The highest BCUT2D eigenvalue weighted by Crippen LogP contribution is 2.31. The van der Waals surface area contributed by atoms with E-state index in [9.17, 15) is 13.6 Å². The maximum Gasteiger partial charge on any atom is 0.262 e. The summed E-state index contributed by atoms with van der Waals surface area (Å²) in [7, 11) is 0. The lowest BCUT2D eigenvalue weighted by Crippen LogP contribution is -2.46. The number of carbonyl (C=O) groups excluding carboxylic acids is 1. The number of halogens is 3. The van der Waals surface area contributed by atoms with Crippen molar-refractivity contribution in [3.63, 3.8) is 0 Å². The van der Waals surface area contributed by atoms with Crippen molar-refractivity contribution < 1.29 is 13.6 Å². The third-order valence-corrected chi connectivity index (χ3v) is 4.95. The molecule has 0 bridgehead atoms. The summed E-state index contributed by atoms with van der Waals surface area (Å²) in [5, 5.41) is 2.67. The summed E-state index contributed by atoms with van der Waals surface area (Å²) in [6, 6.07) is 9.58. The Balaban J connectivity index is 0.00000192. The molecule has 0 aliphatic carbocycles. The van der Waals surface area contributed by atoms with Crippen LogP contribution in [0, 0.1) is 5.92 Å². The molecule has 0 saturated carbocycles. The van der Waals surface area contributed by atoms with E-state index in [0.717, 1.165) is 12.8 Å². The zero-order chi connectivity index (χ0) is 15.7. The smallest absolute Gasteiger partial charge is 0.262 e. The van der Waals surface area contributed by atoms with Gasteiger partial charge in [-0.05, 0) is 31.2 Å². The Morgan fingerprint density at radius 2 is 2.04 bits per heavy atom. The molecular weight excluding hydrogens is 322 g/mol. The van der Waals surface area contributed by atoms with Crippen molar-refractivity contribution in [2.24, 2.45) is 5.92 Å². The SMILES string of the molecule is CC1C(Cc2ccccc2)CCN1C(=O)C1CC(F)(F)CN1.Cl. The number of rotatable bonds is 3. The molecule has 0 aromatic heterocycles. The van der Waals surface area contributed by atoms with Crippen molar-refractivity contribution in [3.05, 3.63) is 35.9 Å². The molecule has 1 aromatic carbocycles. The summed E-state index contributed by atoms with van der Waals surface area (Å²) < 4.78 is 26.5. The molecule has 128 valence electrons. The van der Waals surface area contributed by atoms with Gasteiger partial charge in [0.1, 0.15) is 0 Å². The highest BCUT2D eigenvalue weighted by molar-refractivity contribution is 5.85. The third kappa shape index (κ3) is 4.01. The number of hydrogen-bond acceptors (Lipinski definition) is 2. The summed E-state index contributed by atoms with van der Waals surface area (Å²) >= 11 is 0. The zero-order valence-electron chi connectivity index (χ0n) is 13.2. The van der Waals surface area contributed by atoms with E-state index in [-0.39, 0.29) is 37.3 Å². The van der Waals surface area contributed by atoms with Gasteiger partial charge in [-0.25, -0.2) is 8.78 Å². The molecule has 3 unspecified atom stereocenters. The molecule has 6 heteroatoms. The average molecular weight is 345 g/mol. The lowest BCUT2D eigenvalue weighted by atomic mass is 9.93. The van der Waals surface area contributed by atoms with E-state index in [1.54, 1.807) is 4.90 Å². The van der Waals surface area contributed by atoms with Gasteiger partial charge < -0.3 is 4.90 Å². The third-order valence-electron chi connectivity index (χ3n) is 4.95. The fourth-order valence-electron chi connectivity index (χ4n) is 3.59. The lowest BCUT2D eigenvalue weighted by molar-refractivity contribution is -0.134. The van der Waals surface area contributed by atoms with Crippen LogP contribution in [-0.2, 0) is 11.2 Å². The fraction of sp³-hybridized carbons (Fsp3) is 0.588. The van der Waals surface area contributed by atoms with Crippen LogP contribution in [-0.4, -0.2) is 41.9 Å². The van der Waals surface area contributed by atoms with Crippen molar-refractivity contribution in [2.75, 3.05) is 13.1 Å². The van der Waals surface area contributed by atoms with Gasteiger partial charge in [-0.15, -0.1) is 12.4 Å². The molecule has 0 radical (unpaired) electrons. The van der Waals surface area contributed by atoms with E-state index in [1.807, 2.05) is 25.1 Å². The zero-order valence-corrected chi connectivity index (χ0v) is 14.0. The number of benzene rings is 1. The van der Waals surface area contributed by atoms with Crippen LogP contribution in [0.3, 0.4) is 0 Å². The van der Waals surface area contributed by atoms with Crippen LogP contribution in [0.15, 0.2) is 30.3 Å². The summed E-state index contributed by atoms with van der Waals surface area (Å²) in [6.45, 7) is 2.31.